The molecule has 1 rings (SSSR count). The molecule has 4 N–H and O–H groups in total. The highest BCUT2D eigenvalue weighted by Gasteiger charge is 2.30. The number of aliphatic hydroxyl groups excluding tert-OH is 1. The van der Waals surface area contributed by atoms with Crippen molar-refractivity contribution in [2.75, 3.05) is 6.61 Å². The number of carbonyl (C=O) groups is 1. The summed E-state index contributed by atoms with van der Waals surface area (Å²) in [5.41, 5.74) is 5.50. The van der Waals surface area contributed by atoms with E-state index in [0.717, 1.165) is 0 Å². The van der Waals surface area contributed by atoms with Gasteiger partial charge < -0.3 is 20.7 Å². The van der Waals surface area contributed by atoms with Crippen LogP contribution >= 0.6 is 0 Å². The van der Waals surface area contributed by atoms with Crippen molar-refractivity contribution in [1.29, 1.82) is 0 Å². The van der Waals surface area contributed by atoms with Gasteiger partial charge in [0.15, 0.2) is 6.10 Å². The molecule has 5 nitrogen and oxygen atoms in total. The first kappa shape index (κ1) is 10.4. The fourth-order valence-corrected chi connectivity index (χ4v) is 1.47. The summed E-state index contributed by atoms with van der Waals surface area (Å²) >= 11 is 0. The second-order valence-electron chi connectivity index (χ2n) is 3.34. The zero-order valence-electron chi connectivity index (χ0n) is 7.35. The Hall–Kier alpha value is -0.650. The lowest BCUT2D eigenvalue weighted by Gasteiger charge is -2.14. The van der Waals surface area contributed by atoms with Crippen molar-refractivity contribution in [3.63, 3.8) is 0 Å². The lowest BCUT2D eigenvalue weighted by molar-refractivity contribution is -0.149. The fourth-order valence-electron chi connectivity index (χ4n) is 1.47. The van der Waals surface area contributed by atoms with Gasteiger partial charge in [0.2, 0.25) is 0 Å². The Morgan fingerprint density at radius 1 is 1.62 bits per heavy atom. The Morgan fingerprint density at radius 2 is 2.31 bits per heavy atom. The van der Waals surface area contributed by atoms with E-state index >= 15 is 0 Å². The first-order valence-corrected chi connectivity index (χ1v) is 4.38. The van der Waals surface area contributed by atoms with Gasteiger partial charge in [-0.05, 0) is 19.3 Å². The van der Waals surface area contributed by atoms with Crippen LogP contribution in [0.2, 0.25) is 0 Å². The molecule has 0 saturated carbocycles. The van der Waals surface area contributed by atoms with Gasteiger partial charge in [0.1, 0.15) is 0 Å². The molecule has 0 aromatic carbocycles. The summed E-state index contributed by atoms with van der Waals surface area (Å²) in [5, 5.41) is 17.3. The monoisotopic (exact) mass is 189 g/mol. The average molecular weight is 189 g/mol. The molecule has 0 spiro atoms. The summed E-state index contributed by atoms with van der Waals surface area (Å²) in [4.78, 5) is 10.5. The third kappa shape index (κ3) is 2.95. The molecule has 1 saturated heterocycles. The van der Waals surface area contributed by atoms with Gasteiger partial charge in [-0.1, -0.05) is 0 Å². The highest BCUT2D eigenvalue weighted by atomic mass is 16.5. The van der Waals surface area contributed by atoms with Crippen molar-refractivity contribution in [1.82, 2.24) is 0 Å². The minimum absolute atomic E-state index is 0.0857. The van der Waals surface area contributed by atoms with E-state index in [1.165, 1.54) is 0 Å². The van der Waals surface area contributed by atoms with Gasteiger partial charge in [0.05, 0.1) is 12.7 Å². The number of aliphatic carboxylic acids is 1. The van der Waals surface area contributed by atoms with Crippen LogP contribution < -0.4 is 5.73 Å². The van der Waals surface area contributed by atoms with Gasteiger partial charge in [-0.15, -0.1) is 0 Å². The molecule has 3 unspecified atom stereocenters. The molecule has 0 aliphatic carbocycles. The zero-order chi connectivity index (χ0) is 9.84. The second kappa shape index (κ2) is 4.55. The molecular weight excluding hydrogens is 174 g/mol. The number of hydrogen-bond donors (Lipinski definition) is 3. The Bertz CT molecular complexity index is 185. The smallest absolute Gasteiger partial charge is 0.332 e. The fraction of sp³-hybridized carbons (Fsp3) is 0.875. The summed E-state index contributed by atoms with van der Waals surface area (Å²) in [7, 11) is 0. The normalized spacial score (nSPS) is 30.3. The molecule has 5 heteroatoms. The topological polar surface area (TPSA) is 92.8 Å². The van der Waals surface area contributed by atoms with Gasteiger partial charge >= 0.3 is 5.97 Å². The van der Waals surface area contributed by atoms with Crippen LogP contribution in [-0.2, 0) is 9.53 Å². The van der Waals surface area contributed by atoms with Crippen LogP contribution in [0.5, 0.6) is 0 Å². The molecule has 1 fully saturated rings. The van der Waals surface area contributed by atoms with Gasteiger partial charge in [-0.2, -0.15) is 0 Å². The summed E-state index contributed by atoms with van der Waals surface area (Å²) < 4.78 is 5.20. The minimum Gasteiger partial charge on any atom is -0.479 e. The van der Waals surface area contributed by atoms with E-state index in [9.17, 15) is 4.79 Å². The number of carboxylic acids is 1. The molecule has 76 valence electrons. The molecule has 3 atom stereocenters. The van der Waals surface area contributed by atoms with Crippen molar-refractivity contribution in [2.45, 2.75) is 37.5 Å². The van der Waals surface area contributed by atoms with Crippen molar-refractivity contribution in [3.8, 4) is 0 Å². The lowest BCUT2D eigenvalue weighted by Crippen LogP contribution is -2.30. The molecule has 1 aliphatic rings. The third-order valence-corrected chi connectivity index (χ3v) is 2.18. The molecule has 13 heavy (non-hydrogen) atoms. The molecule has 1 heterocycles. The molecule has 0 aromatic rings. The molecule has 0 radical (unpaired) electrons. The predicted octanol–water partition coefficient (Wildman–Crippen LogP) is -0.672. The lowest BCUT2D eigenvalue weighted by atomic mass is 10.1. The van der Waals surface area contributed by atoms with E-state index in [2.05, 4.69) is 0 Å². The van der Waals surface area contributed by atoms with Crippen LogP contribution in [0.25, 0.3) is 0 Å². The van der Waals surface area contributed by atoms with Crippen molar-refractivity contribution in [3.05, 3.63) is 0 Å². The van der Waals surface area contributed by atoms with Crippen molar-refractivity contribution >= 4 is 5.97 Å². The molecule has 0 bridgehead atoms. The number of aliphatic hydroxyl groups is 1. The van der Waals surface area contributed by atoms with E-state index in [4.69, 9.17) is 20.7 Å². The Kier molecular flexibility index (Phi) is 3.65. The maximum Gasteiger partial charge on any atom is 0.332 e. The number of hydrogen-bond acceptors (Lipinski definition) is 4. The predicted molar refractivity (Wildman–Crippen MR) is 45.2 cm³/mol. The summed E-state index contributed by atoms with van der Waals surface area (Å²) in [6.07, 6.45) is 0.988. The third-order valence-electron chi connectivity index (χ3n) is 2.18. The van der Waals surface area contributed by atoms with Crippen LogP contribution in [-0.4, -0.2) is 41.0 Å². The quantitative estimate of drug-likeness (QED) is 0.545. The summed E-state index contributed by atoms with van der Waals surface area (Å²) in [5.74, 6) is -0.917. The van der Waals surface area contributed by atoms with Crippen molar-refractivity contribution < 1.29 is 19.7 Å². The first-order valence-electron chi connectivity index (χ1n) is 4.38. The Balaban J connectivity index is 2.29. The largest absolute Gasteiger partial charge is 0.479 e. The summed E-state index contributed by atoms with van der Waals surface area (Å²) in [6, 6.07) is -0.308. The molecular formula is C8H15NO4. The van der Waals surface area contributed by atoms with Crippen molar-refractivity contribution in [2.24, 2.45) is 5.73 Å². The van der Waals surface area contributed by atoms with Gasteiger partial charge in [-0.25, -0.2) is 4.79 Å². The van der Waals surface area contributed by atoms with Crippen LogP contribution in [0.15, 0.2) is 0 Å². The minimum atomic E-state index is -0.917. The Labute approximate surface area is 76.5 Å². The van der Waals surface area contributed by atoms with Crippen LogP contribution in [0.4, 0.5) is 0 Å². The summed E-state index contributed by atoms with van der Waals surface area (Å²) in [6.45, 7) is -0.0857. The van der Waals surface area contributed by atoms with E-state index in [1.54, 1.807) is 0 Å². The first-order chi connectivity index (χ1) is 6.13. The highest BCUT2D eigenvalue weighted by molar-refractivity contribution is 5.72. The van der Waals surface area contributed by atoms with E-state index in [-0.39, 0.29) is 18.8 Å². The van der Waals surface area contributed by atoms with Crippen LogP contribution in [0.1, 0.15) is 19.3 Å². The van der Waals surface area contributed by atoms with E-state index in [0.29, 0.717) is 19.3 Å². The van der Waals surface area contributed by atoms with Crippen LogP contribution in [0, 0.1) is 0 Å². The maximum atomic E-state index is 10.5. The molecule has 0 amide bonds. The second-order valence-corrected chi connectivity index (χ2v) is 3.34. The van der Waals surface area contributed by atoms with Gasteiger partial charge in [0.25, 0.3) is 0 Å². The Morgan fingerprint density at radius 3 is 2.77 bits per heavy atom. The van der Waals surface area contributed by atoms with Crippen LogP contribution in [0.3, 0.4) is 0 Å². The molecule has 0 aromatic heterocycles. The SMILES string of the molecule is NC(CO)CC1CCC(C(=O)O)O1. The standard InChI is InChI=1S/C8H15NO4/c9-5(4-10)3-6-1-2-7(13-6)8(11)12/h5-7,10H,1-4,9H2,(H,11,12). The average Bonchev–Trinajstić information content (AvgIpc) is 2.52. The zero-order valence-corrected chi connectivity index (χ0v) is 7.35. The van der Waals surface area contributed by atoms with E-state index in [1.807, 2.05) is 0 Å². The van der Waals surface area contributed by atoms with Gasteiger partial charge in [0, 0.05) is 6.04 Å². The van der Waals surface area contributed by atoms with Gasteiger partial charge in [-0.3, -0.25) is 0 Å². The number of ether oxygens (including phenoxy) is 1. The number of carboxylic acid groups (broad SMARTS) is 1. The van der Waals surface area contributed by atoms with E-state index < -0.39 is 12.1 Å². The highest BCUT2D eigenvalue weighted by Crippen LogP contribution is 2.22. The molecule has 1 aliphatic heterocycles. The number of nitrogens with two attached hydrogens (primary N) is 1. The maximum absolute atomic E-state index is 10.5. The number of rotatable bonds is 4.